The Morgan fingerprint density at radius 3 is 2.47 bits per heavy atom. The number of benzene rings is 3. The molecule has 0 bridgehead atoms. The smallest absolute Gasteiger partial charge is 0.262 e. The van der Waals surface area contributed by atoms with Crippen LogP contribution in [0.4, 0.5) is 15.8 Å². The number of hydrogen-bond donors (Lipinski definition) is 2. The van der Waals surface area contributed by atoms with E-state index in [0.29, 0.717) is 11.5 Å². The van der Waals surface area contributed by atoms with Crippen LogP contribution in [0.5, 0.6) is 5.75 Å². The van der Waals surface area contributed by atoms with Gasteiger partial charge in [-0.05, 0) is 48.5 Å². The van der Waals surface area contributed by atoms with Crippen molar-refractivity contribution in [1.82, 2.24) is 14.5 Å². The Labute approximate surface area is 205 Å². The summed E-state index contributed by atoms with van der Waals surface area (Å²) in [6.45, 7) is -0.395. The second-order valence-corrected chi connectivity index (χ2v) is 7.78. The number of hydrogen-bond acceptors (Lipinski definition) is 5. The molecule has 0 radical (unpaired) electrons. The van der Waals surface area contributed by atoms with Crippen molar-refractivity contribution in [1.29, 1.82) is 0 Å². The summed E-state index contributed by atoms with van der Waals surface area (Å²) in [6.07, 6.45) is 3.24. The molecule has 178 valence electrons. The number of rotatable bonds is 7. The fourth-order valence-electron chi connectivity index (χ4n) is 3.61. The number of nitrogens with zero attached hydrogens (tertiary/aromatic N) is 3. The molecule has 5 rings (SSSR count). The number of aromatic nitrogens is 3. The molecule has 0 aliphatic heterocycles. The van der Waals surface area contributed by atoms with E-state index in [1.165, 1.54) is 18.2 Å². The molecular formula is C27H20FN5O3. The second-order valence-electron chi connectivity index (χ2n) is 7.78. The maximum Gasteiger partial charge on any atom is 0.262 e. The van der Waals surface area contributed by atoms with E-state index in [1.807, 2.05) is 28.8 Å². The van der Waals surface area contributed by atoms with Gasteiger partial charge < -0.3 is 15.4 Å². The Morgan fingerprint density at radius 1 is 0.861 bits per heavy atom. The van der Waals surface area contributed by atoms with E-state index in [9.17, 15) is 14.0 Å². The molecular weight excluding hydrogens is 461 g/mol. The maximum absolute atomic E-state index is 13.7. The molecule has 0 aliphatic rings. The molecule has 9 heteroatoms. The van der Waals surface area contributed by atoms with Crippen LogP contribution in [-0.2, 0) is 4.79 Å². The lowest BCUT2D eigenvalue weighted by molar-refractivity contribution is -0.118. The first-order chi connectivity index (χ1) is 17.6. The Bertz CT molecular complexity index is 1550. The lowest BCUT2D eigenvalue weighted by Crippen LogP contribution is -2.22. The number of carbonyl (C=O) groups excluding carboxylic acids is 2. The number of carbonyl (C=O) groups is 2. The molecule has 2 N–H and O–H groups in total. The standard InChI is InChI=1S/C27H20FN5O3/c28-20-8-2-3-9-21(20)32-26(34)16-36-24-12-6-1-7-19(24)27(35)31-18-13-14-25(29-15-18)33-17-30-22-10-4-5-11-23(22)33/h1-15,17H,16H2,(H,31,35)(H,32,34). The Morgan fingerprint density at radius 2 is 1.64 bits per heavy atom. The van der Waals surface area contributed by atoms with Crippen molar-refractivity contribution in [3.63, 3.8) is 0 Å². The highest BCUT2D eigenvalue weighted by atomic mass is 19.1. The zero-order chi connectivity index (χ0) is 24.9. The number of fused-ring (bicyclic) bond motifs is 1. The molecule has 5 aromatic rings. The first kappa shape index (κ1) is 22.7. The van der Waals surface area contributed by atoms with E-state index in [4.69, 9.17) is 4.74 Å². The predicted octanol–water partition coefficient (Wildman–Crippen LogP) is 4.83. The van der Waals surface area contributed by atoms with Gasteiger partial charge in [0.1, 0.15) is 23.7 Å². The molecule has 0 unspecified atom stereocenters. The molecule has 36 heavy (non-hydrogen) atoms. The molecule has 0 atom stereocenters. The number of anilines is 2. The zero-order valence-electron chi connectivity index (χ0n) is 18.9. The minimum absolute atomic E-state index is 0.0526. The van der Waals surface area contributed by atoms with Crippen LogP contribution >= 0.6 is 0 Å². The number of imidazole rings is 1. The summed E-state index contributed by atoms with van der Waals surface area (Å²) in [5.74, 6) is -0.657. The zero-order valence-corrected chi connectivity index (χ0v) is 18.9. The Kier molecular flexibility index (Phi) is 6.35. The summed E-state index contributed by atoms with van der Waals surface area (Å²) in [5.41, 5.74) is 2.56. The lowest BCUT2D eigenvalue weighted by Gasteiger charge is -2.12. The van der Waals surface area contributed by atoms with Crippen LogP contribution in [-0.4, -0.2) is 33.0 Å². The lowest BCUT2D eigenvalue weighted by atomic mass is 10.2. The fraction of sp³-hybridized carbons (Fsp3) is 0.0370. The second kappa shape index (κ2) is 10.1. The average Bonchev–Trinajstić information content (AvgIpc) is 3.34. The summed E-state index contributed by atoms with van der Waals surface area (Å²) in [5, 5.41) is 5.23. The minimum atomic E-state index is -0.554. The number of pyridine rings is 1. The molecule has 8 nitrogen and oxygen atoms in total. The van der Waals surface area contributed by atoms with E-state index in [2.05, 4.69) is 20.6 Å². The summed E-state index contributed by atoms with van der Waals surface area (Å²) in [7, 11) is 0. The number of nitrogens with one attached hydrogen (secondary N) is 2. The van der Waals surface area contributed by atoms with Gasteiger partial charge >= 0.3 is 0 Å². The van der Waals surface area contributed by atoms with E-state index in [1.54, 1.807) is 55.0 Å². The van der Waals surface area contributed by atoms with Gasteiger partial charge in [0.2, 0.25) is 0 Å². The van der Waals surface area contributed by atoms with E-state index in [-0.39, 0.29) is 17.0 Å². The van der Waals surface area contributed by atoms with Crippen LogP contribution in [0.3, 0.4) is 0 Å². The van der Waals surface area contributed by atoms with Crippen LogP contribution in [0.25, 0.3) is 16.9 Å². The molecule has 2 aromatic heterocycles. The molecule has 3 aromatic carbocycles. The molecule has 0 saturated heterocycles. The quantitative estimate of drug-likeness (QED) is 0.347. The number of para-hydroxylation sites is 4. The molecule has 2 heterocycles. The molecule has 0 aliphatic carbocycles. The third-order valence-corrected chi connectivity index (χ3v) is 5.34. The van der Waals surface area contributed by atoms with Crippen LogP contribution in [0, 0.1) is 5.82 Å². The molecule has 0 fully saturated rings. The maximum atomic E-state index is 13.7. The third kappa shape index (κ3) is 4.90. The largest absolute Gasteiger partial charge is 0.483 e. The highest BCUT2D eigenvalue weighted by Gasteiger charge is 2.15. The predicted molar refractivity (Wildman–Crippen MR) is 134 cm³/mol. The minimum Gasteiger partial charge on any atom is -0.483 e. The van der Waals surface area contributed by atoms with E-state index in [0.717, 1.165) is 11.0 Å². The topological polar surface area (TPSA) is 98.1 Å². The van der Waals surface area contributed by atoms with Crippen molar-refractivity contribution in [2.24, 2.45) is 0 Å². The van der Waals surface area contributed by atoms with Gasteiger partial charge in [-0.3, -0.25) is 14.2 Å². The fourth-order valence-corrected chi connectivity index (χ4v) is 3.61. The van der Waals surface area contributed by atoms with Crippen molar-refractivity contribution < 1.29 is 18.7 Å². The highest BCUT2D eigenvalue weighted by molar-refractivity contribution is 6.06. The van der Waals surface area contributed by atoms with Crippen molar-refractivity contribution in [2.75, 3.05) is 17.2 Å². The molecule has 0 spiro atoms. The normalized spacial score (nSPS) is 10.7. The highest BCUT2D eigenvalue weighted by Crippen LogP contribution is 2.21. The number of ether oxygens (including phenoxy) is 1. The Hall–Kier alpha value is -5.05. The van der Waals surface area contributed by atoms with Gasteiger partial charge in [-0.15, -0.1) is 0 Å². The van der Waals surface area contributed by atoms with Gasteiger partial charge in [0.15, 0.2) is 6.61 Å². The SMILES string of the molecule is O=C(COc1ccccc1C(=O)Nc1ccc(-n2cnc3ccccc32)nc1)Nc1ccccc1F. The van der Waals surface area contributed by atoms with Crippen molar-refractivity contribution in [2.45, 2.75) is 0 Å². The Balaban J connectivity index is 1.25. The van der Waals surface area contributed by atoms with Crippen molar-refractivity contribution in [3.05, 3.63) is 109 Å². The van der Waals surface area contributed by atoms with Gasteiger partial charge in [0.05, 0.1) is 34.2 Å². The van der Waals surface area contributed by atoms with Crippen molar-refractivity contribution >= 4 is 34.2 Å². The first-order valence-electron chi connectivity index (χ1n) is 11.0. The molecule has 0 saturated carbocycles. The van der Waals surface area contributed by atoms with Crippen LogP contribution in [0.1, 0.15) is 10.4 Å². The summed E-state index contributed by atoms with van der Waals surface area (Å²) < 4.78 is 21.2. The molecule has 2 amide bonds. The summed E-state index contributed by atoms with van der Waals surface area (Å²) in [4.78, 5) is 33.9. The van der Waals surface area contributed by atoms with Gasteiger partial charge in [0.25, 0.3) is 11.8 Å². The van der Waals surface area contributed by atoms with Crippen LogP contribution in [0.2, 0.25) is 0 Å². The monoisotopic (exact) mass is 481 g/mol. The van der Waals surface area contributed by atoms with Gasteiger partial charge in [-0.25, -0.2) is 14.4 Å². The summed E-state index contributed by atoms with van der Waals surface area (Å²) in [6, 6.07) is 23.6. The van der Waals surface area contributed by atoms with Gasteiger partial charge in [-0.1, -0.05) is 36.4 Å². The van der Waals surface area contributed by atoms with Gasteiger partial charge in [-0.2, -0.15) is 0 Å². The third-order valence-electron chi connectivity index (χ3n) is 5.34. The first-order valence-corrected chi connectivity index (χ1v) is 11.0. The number of amides is 2. The van der Waals surface area contributed by atoms with Gasteiger partial charge in [0, 0.05) is 0 Å². The summed E-state index contributed by atoms with van der Waals surface area (Å²) >= 11 is 0. The van der Waals surface area contributed by atoms with E-state index >= 15 is 0 Å². The van der Waals surface area contributed by atoms with Crippen LogP contribution in [0.15, 0.2) is 97.5 Å². The van der Waals surface area contributed by atoms with Crippen LogP contribution < -0.4 is 15.4 Å². The average molecular weight is 481 g/mol. The van der Waals surface area contributed by atoms with E-state index < -0.39 is 24.2 Å². The number of halogens is 1. The van der Waals surface area contributed by atoms with Crippen molar-refractivity contribution in [3.8, 4) is 11.6 Å².